The quantitative estimate of drug-likeness (QED) is 0.648. The first-order valence-electron chi connectivity index (χ1n) is 8.32. The summed E-state index contributed by atoms with van der Waals surface area (Å²) < 4.78 is 5.12. The second-order valence-electron chi connectivity index (χ2n) is 5.72. The average molecular weight is 368 g/mol. The molecule has 0 spiro atoms. The molecule has 0 fully saturated rings. The molecule has 0 unspecified atom stereocenters. The number of benzene rings is 1. The van der Waals surface area contributed by atoms with Crippen molar-refractivity contribution in [1.29, 1.82) is 0 Å². The summed E-state index contributed by atoms with van der Waals surface area (Å²) in [5.41, 5.74) is 4.29. The Morgan fingerprint density at radius 2 is 2.15 bits per heavy atom. The van der Waals surface area contributed by atoms with Gasteiger partial charge in [-0.3, -0.25) is 4.79 Å². The number of methoxy groups -OCH3 is 1. The molecule has 26 heavy (non-hydrogen) atoms. The average Bonchev–Trinajstić information content (AvgIpc) is 3.10. The van der Waals surface area contributed by atoms with Crippen molar-refractivity contribution in [2.24, 2.45) is 0 Å². The van der Waals surface area contributed by atoms with Gasteiger partial charge in [0.1, 0.15) is 0 Å². The Kier molecular flexibility index (Phi) is 5.91. The van der Waals surface area contributed by atoms with Gasteiger partial charge in [0.15, 0.2) is 5.82 Å². The van der Waals surface area contributed by atoms with Crippen molar-refractivity contribution < 1.29 is 9.53 Å². The van der Waals surface area contributed by atoms with Crippen LogP contribution in [0.3, 0.4) is 0 Å². The third kappa shape index (κ3) is 4.43. The minimum atomic E-state index is -0.101. The lowest BCUT2D eigenvalue weighted by Gasteiger charge is -2.07. The summed E-state index contributed by atoms with van der Waals surface area (Å²) in [7, 11) is 1.56. The number of rotatable bonds is 7. The molecule has 0 aliphatic carbocycles. The predicted octanol–water partition coefficient (Wildman–Crippen LogP) is 3.28. The van der Waals surface area contributed by atoms with Crippen molar-refractivity contribution >= 4 is 17.2 Å². The topological polar surface area (TPSA) is 77.0 Å². The molecular formula is C19H20N4O2S. The molecule has 6 nitrogen and oxygen atoms in total. The van der Waals surface area contributed by atoms with Gasteiger partial charge in [0, 0.05) is 34.8 Å². The van der Waals surface area contributed by atoms with Crippen LogP contribution in [0.15, 0.2) is 42.0 Å². The fourth-order valence-corrected chi connectivity index (χ4v) is 3.34. The summed E-state index contributed by atoms with van der Waals surface area (Å²) in [6, 6.07) is 8.96. The number of hydrogen-bond donors (Lipinski definition) is 1. The van der Waals surface area contributed by atoms with Gasteiger partial charge in [-0.2, -0.15) is 4.98 Å². The number of carbonyl (C=O) groups excluding carboxylic acids is 1. The lowest BCUT2D eigenvalue weighted by molar-refractivity contribution is 0.0953. The molecule has 3 rings (SSSR count). The van der Waals surface area contributed by atoms with Gasteiger partial charge in [-0.1, -0.05) is 12.1 Å². The molecule has 0 aliphatic heterocycles. The van der Waals surface area contributed by atoms with Gasteiger partial charge in [0.05, 0.1) is 18.3 Å². The summed E-state index contributed by atoms with van der Waals surface area (Å²) >= 11 is 1.66. The molecule has 0 bridgehead atoms. The zero-order valence-corrected chi connectivity index (χ0v) is 15.5. The van der Waals surface area contributed by atoms with Gasteiger partial charge in [0.25, 0.3) is 5.91 Å². The molecule has 1 N–H and O–H groups in total. The summed E-state index contributed by atoms with van der Waals surface area (Å²) in [4.78, 5) is 26.5. The zero-order chi connectivity index (χ0) is 18.4. The molecule has 0 atom stereocenters. The standard InChI is InChI=1S/C19H20N4O2S/c1-13-16(26-12-22-13)7-4-9-21-19(24)15-6-3-5-14(11-15)18-20-10-8-17(23-18)25-2/h3,5-6,8,10-12H,4,7,9H2,1-2H3,(H,21,24). The van der Waals surface area contributed by atoms with E-state index in [-0.39, 0.29) is 5.91 Å². The normalized spacial score (nSPS) is 10.5. The van der Waals surface area contributed by atoms with E-state index in [1.165, 1.54) is 4.88 Å². The smallest absolute Gasteiger partial charge is 0.251 e. The van der Waals surface area contributed by atoms with E-state index in [9.17, 15) is 4.79 Å². The Balaban J connectivity index is 1.60. The molecule has 2 aromatic heterocycles. The SMILES string of the molecule is COc1ccnc(-c2cccc(C(=O)NCCCc3scnc3C)c2)n1. The van der Waals surface area contributed by atoms with Crippen molar-refractivity contribution in [2.75, 3.05) is 13.7 Å². The summed E-state index contributed by atoms with van der Waals surface area (Å²) in [5.74, 6) is 0.915. The van der Waals surface area contributed by atoms with Crippen LogP contribution in [0.5, 0.6) is 5.88 Å². The van der Waals surface area contributed by atoms with Crippen LogP contribution in [0.2, 0.25) is 0 Å². The Hall–Kier alpha value is -2.80. The van der Waals surface area contributed by atoms with E-state index in [0.717, 1.165) is 24.1 Å². The van der Waals surface area contributed by atoms with Gasteiger partial charge in [-0.15, -0.1) is 11.3 Å². The number of aromatic nitrogens is 3. The lowest BCUT2D eigenvalue weighted by Crippen LogP contribution is -2.24. The minimum Gasteiger partial charge on any atom is -0.481 e. The Labute approximate surface area is 156 Å². The number of amides is 1. The molecule has 0 saturated heterocycles. The van der Waals surface area contributed by atoms with E-state index in [4.69, 9.17) is 4.74 Å². The van der Waals surface area contributed by atoms with Crippen LogP contribution in [0.1, 0.15) is 27.3 Å². The second kappa shape index (κ2) is 8.53. The Bertz CT molecular complexity index is 895. The van der Waals surface area contributed by atoms with E-state index < -0.39 is 0 Å². The highest BCUT2D eigenvalue weighted by molar-refractivity contribution is 7.09. The number of ether oxygens (including phenoxy) is 1. The Morgan fingerprint density at radius 1 is 1.27 bits per heavy atom. The van der Waals surface area contributed by atoms with E-state index in [1.54, 1.807) is 42.8 Å². The molecule has 0 aliphatic rings. The number of nitrogens with zero attached hydrogens (tertiary/aromatic N) is 3. The maximum absolute atomic E-state index is 12.4. The van der Waals surface area contributed by atoms with Crippen LogP contribution in [-0.2, 0) is 6.42 Å². The Morgan fingerprint density at radius 3 is 2.92 bits per heavy atom. The third-order valence-corrected chi connectivity index (χ3v) is 4.93. The van der Waals surface area contributed by atoms with Crippen LogP contribution < -0.4 is 10.1 Å². The molecule has 7 heteroatoms. The number of aryl methyl sites for hydroxylation is 2. The highest BCUT2D eigenvalue weighted by atomic mass is 32.1. The fraction of sp³-hybridized carbons (Fsp3) is 0.263. The number of nitrogens with one attached hydrogen (secondary N) is 1. The van der Waals surface area contributed by atoms with E-state index in [1.807, 2.05) is 24.6 Å². The highest BCUT2D eigenvalue weighted by Gasteiger charge is 2.09. The molecule has 3 aromatic rings. The van der Waals surface area contributed by atoms with Crippen LogP contribution >= 0.6 is 11.3 Å². The molecule has 0 radical (unpaired) electrons. The second-order valence-corrected chi connectivity index (χ2v) is 6.66. The van der Waals surface area contributed by atoms with E-state index in [0.29, 0.717) is 23.8 Å². The van der Waals surface area contributed by atoms with Gasteiger partial charge < -0.3 is 10.1 Å². The lowest BCUT2D eigenvalue weighted by atomic mass is 10.1. The summed E-state index contributed by atoms with van der Waals surface area (Å²) in [5, 5.41) is 2.96. The van der Waals surface area contributed by atoms with Crippen molar-refractivity contribution in [3.8, 4) is 17.3 Å². The zero-order valence-electron chi connectivity index (χ0n) is 14.7. The summed E-state index contributed by atoms with van der Waals surface area (Å²) in [6.07, 6.45) is 3.44. The minimum absolute atomic E-state index is 0.101. The monoisotopic (exact) mass is 368 g/mol. The maximum Gasteiger partial charge on any atom is 0.251 e. The molecule has 1 amide bonds. The van der Waals surface area contributed by atoms with Gasteiger partial charge >= 0.3 is 0 Å². The molecule has 134 valence electrons. The largest absolute Gasteiger partial charge is 0.481 e. The number of carbonyl (C=O) groups is 1. The molecule has 1 aromatic carbocycles. The molecule has 2 heterocycles. The highest BCUT2D eigenvalue weighted by Crippen LogP contribution is 2.18. The number of hydrogen-bond acceptors (Lipinski definition) is 6. The van der Waals surface area contributed by atoms with Gasteiger partial charge in [-0.25, -0.2) is 9.97 Å². The first-order chi connectivity index (χ1) is 12.7. The van der Waals surface area contributed by atoms with Crippen LogP contribution in [0.25, 0.3) is 11.4 Å². The van der Waals surface area contributed by atoms with Crippen LogP contribution in [0, 0.1) is 6.92 Å². The van der Waals surface area contributed by atoms with Gasteiger partial charge in [-0.05, 0) is 31.9 Å². The maximum atomic E-state index is 12.4. The van der Waals surface area contributed by atoms with Crippen LogP contribution in [0.4, 0.5) is 0 Å². The fourth-order valence-electron chi connectivity index (χ4n) is 2.51. The van der Waals surface area contributed by atoms with E-state index >= 15 is 0 Å². The van der Waals surface area contributed by atoms with Crippen molar-refractivity contribution in [3.05, 3.63) is 58.2 Å². The van der Waals surface area contributed by atoms with Crippen molar-refractivity contribution in [1.82, 2.24) is 20.3 Å². The first kappa shape index (κ1) is 18.0. The van der Waals surface area contributed by atoms with Crippen molar-refractivity contribution in [2.45, 2.75) is 19.8 Å². The molecular weight excluding hydrogens is 348 g/mol. The molecule has 0 saturated carbocycles. The summed E-state index contributed by atoms with van der Waals surface area (Å²) in [6.45, 7) is 2.63. The van der Waals surface area contributed by atoms with Crippen LogP contribution in [-0.4, -0.2) is 34.5 Å². The van der Waals surface area contributed by atoms with E-state index in [2.05, 4.69) is 20.3 Å². The third-order valence-electron chi connectivity index (χ3n) is 3.93. The number of thiazole rings is 1. The van der Waals surface area contributed by atoms with Crippen molar-refractivity contribution in [3.63, 3.8) is 0 Å². The predicted molar refractivity (Wildman–Crippen MR) is 102 cm³/mol. The first-order valence-corrected chi connectivity index (χ1v) is 9.20. The van der Waals surface area contributed by atoms with Gasteiger partial charge in [0.2, 0.25) is 5.88 Å².